The van der Waals surface area contributed by atoms with Crippen molar-refractivity contribution in [1.82, 2.24) is 25.1 Å². The van der Waals surface area contributed by atoms with Crippen LogP contribution in [0.3, 0.4) is 0 Å². The van der Waals surface area contributed by atoms with Gasteiger partial charge in [0, 0.05) is 12.2 Å². The van der Waals surface area contributed by atoms with Crippen molar-refractivity contribution in [2.75, 3.05) is 6.54 Å². The molecule has 8 heteroatoms. The molecule has 0 saturated carbocycles. The fraction of sp³-hybridized carbons (Fsp3) is 0.400. The Morgan fingerprint density at radius 3 is 2.71 bits per heavy atom. The van der Waals surface area contributed by atoms with Crippen molar-refractivity contribution in [3.05, 3.63) is 53.5 Å². The van der Waals surface area contributed by atoms with Gasteiger partial charge in [0.05, 0.1) is 5.75 Å². The maximum Gasteiger partial charge on any atom is 0.273 e. The molecule has 2 heterocycles. The second kappa shape index (κ2) is 9.54. The molecular formula is C20H25N5O2S. The first kappa shape index (κ1) is 20.1. The predicted molar refractivity (Wildman–Crippen MR) is 109 cm³/mol. The van der Waals surface area contributed by atoms with E-state index in [4.69, 9.17) is 4.42 Å². The Hall–Kier alpha value is -2.61. The van der Waals surface area contributed by atoms with Crippen LogP contribution in [0.25, 0.3) is 5.69 Å². The zero-order chi connectivity index (χ0) is 19.9. The molecular weight excluding hydrogens is 374 g/mol. The lowest BCUT2D eigenvalue weighted by Crippen LogP contribution is -2.24. The summed E-state index contributed by atoms with van der Waals surface area (Å²) in [6, 6.07) is 8.20. The molecule has 0 saturated heterocycles. The van der Waals surface area contributed by atoms with Crippen molar-refractivity contribution in [3.63, 3.8) is 0 Å². The van der Waals surface area contributed by atoms with Crippen LogP contribution in [-0.4, -0.2) is 32.2 Å². The number of amides is 1. The van der Waals surface area contributed by atoms with Crippen molar-refractivity contribution in [2.45, 2.75) is 50.9 Å². The van der Waals surface area contributed by atoms with E-state index in [-0.39, 0.29) is 5.91 Å². The van der Waals surface area contributed by atoms with E-state index >= 15 is 0 Å². The number of oxazole rings is 1. The second-order valence-electron chi connectivity index (χ2n) is 6.58. The molecule has 28 heavy (non-hydrogen) atoms. The van der Waals surface area contributed by atoms with E-state index in [1.807, 2.05) is 23.6 Å². The molecule has 1 N–H and O–H groups in total. The van der Waals surface area contributed by atoms with Crippen LogP contribution < -0.4 is 5.32 Å². The van der Waals surface area contributed by atoms with Crippen LogP contribution >= 0.6 is 11.8 Å². The normalized spacial score (nSPS) is 11.0. The van der Waals surface area contributed by atoms with Crippen molar-refractivity contribution < 1.29 is 9.21 Å². The van der Waals surface area contributed by atoms with Crippen molar-refractivity contribution in [3.8, 4) is 5.69 Å². The van der Waals surface area contributed by atoms with Gasteiger partial charge in [0.15, 0.2) is 10.9 Å². The number of rotatable bonds is 9. The molecule has 1 amide bonds. The van der Waals surface area contributed by atoms with Crippen LogP contribution in [0.1, 0.15) is 54.0 Å². The topological polar surface area (TPSA) is 85.8 Å². The molecule has 0 aliphatic carbocycles. The van der Waals surface area contributed by atoms with E-state index in [1.54, 1.807) is 0 Å². The number of unbranched alkanes of at least 4 members (excludes halogenated alkanes) is 2. The van der Waals surface area contributed by atoms with Gasteiger partial charge in [-0.1, -0.05) is 49.2 Å². The summed E-state index contributed by atoms with van der Waals surface area (Å²) in [6.45, 7) is 6.76. The quantitative estimate of drug-likeness (QED) is 0.431. The van der Waals surface area contributed by atoms with E-state index in [9.17, 15) is 4.79 Å². The number of nitrogens with zero attached hydrogens (tertiary/aromatic N) is 4. The summed E-state index contributed by atoms with van der Waals surface area (Å²) >= 11 is 1.47. The summed E-state index contributed by atoms with van der Waals surface area (Å²) in [5.41, 5.74) is 2.52. The highest BCUT2D eigenvalue weighted by molar-refractivity contribution is 7.98. The van der Waals surface area contributed by atoms with E-state index in [0.717, 1.165) is 35.9 Å². The number of aromatic nitrogens is 4. The van der Waals surface area contributed by atoms with E-state index in [1.165, 1.54) is 23.6 Å². The van der Waals surface area contributed by atoms with Crippen LogP contribution in [0.2, 0.25) is 0 Å². The first-order chi connectivity index (χ1) is 13.6. The molecule has 7 nitrogen and oxygen atoms in total. The number of carbonyl (C=O) groups excluding carboxylic acids is 1. The van der Waals surface area contributed by atoms with Crippen LogP contribution in [0, 0.1) is 13.8 Å². The highest BCUT2D eigenvalue weighted by Crippen LogP contribution is 2.25. The molecule has 148 valence electrons. The van der Waals surface area contributed by atoms with Crippen LogP contribution in [0.5, 0.6) is 0 Å². The molecule has 0 bridgehead atoms. The van der Waals surface area contributed by atoms with Gasteiger partial charge in [0.2, 0.25) is 5.89 Å². The van der Waals surface area contributed by atoms with E-state index in [2.05, 4.69) is 46.5 Å². The molecule has 0 fully saturated rings. The Bertz CT molecular complexity index is 917. The summed E-state index contributed by atoms with van der Waals surface area (Å²) in [7, 11) is 0. The van der Waals surface area contributed by atoms with Crippen LogP contribution in [0.15, 0.2) is 40.1 Å². The molecule has 2 aromatic heterocycles. The van der Waals surface area contributed by atoms with Gasteiger partial charge in [-0.25, -0.2) is 4.98 Å². The number of hydrogen-bond donors (Lipinski definition) is 1. The molecule has 0 radical (unpaired) electrons. The smallest absolute Gasteiger partial charge is 0.273 e. The van der Waals surface area contributed by atoms with Gasteiger partial charge in [-0.15, -0.1) is 10.2 Å². The van der Waals surface area contributed by atoms with Crippen molar-refractivity contribution in [2.24, 2.45) is 0 Å². The molecule has 0 aliphatic rings. The van der Waals surface area contributed by atoms with Gasteiger partial charge in [0.25, 0.3) is 5.91 Å². The number of nitrogens with one attached hydrogen (secondary N) is 1. The number of thioether (sulfide) groups is 1. The monoisotopic (exact) mass is 399 g/mol. The lowest BCUT2D eigenvalue weighted by atomic mass is 10.2. The summed E-state index contributed by atoms with van der Waals surface area (Å²) in [6.07, 6.45) is 4.59. The third-order valence-electron chi connectivity index (χ3n) is 4.26. The third kappa shape index (κ3) is 5.01. The first-order valence-corrected chi connectivity index (χ1v) is 10.4. The van der Waals surface area contributed by atoms with E-state index < -0.39 is 0 Å². The van der Waals surface area contributed by atoms with Gasteiger partial charge in [-0.2, -0.15) is 0 Å². The zero-order valence-corrected chi connectivity index (χ0v) is 17.3. The molecule has 3 rings (SSSR count). The predicted octanol–water partition coefficient (Wildman–Crippen LogP) is 4.08. The summed E-state index contributed by atoms with van der Waals surface area (Å²) < 4.78 is 7.45. The summed E-state index contributed by atoms with van der Waals surface area (Å²) in [5.74, 6) is 1.56. The number of carbonyl (C=O) groups is 1. The Balaban J connectivity index is 1.62. The Kier molecular flexibility index (Phi) is 6.86. The minimum absolute atomic E-state index is 0.199. The standard InChI is InChI=1S/C20H25N5O2S/c1-4-5-6-11-21-19(26)17-12-27-18(22-17)13-28-20-24-23-15(3)25(20)16-9-7-14(2)8-10-16/h7-10,12H,4-6,11,13H2,1-3H3,(H,21,26). The Morgan fingerprint density at radius 2 is 1.96 bits per heavy atom. The molecule has 0 unspecified atom stereocenters. The second-order valence-corrected chi connectivity index (χ2v) is 7.52. The van der Waals surface area contributed by atoms with Gasteiger partial charge in [-0.05, 0) is 32.4 Å². The van der Waals surface area contributed by atoms with Crippen LogP contribution in [-0.2, 0) is 5.75 Å². The van der Waals surface area contributed by atoms with Gasteiger partial charge < -0.3 is 9.73 Å². The summed E-state index contributed by atoms with van der Waals surface area (Å²) in [5, 5.41) is 12.1. The number of aryl methyl sites for hydroxylation is 2. The van der Waals surface area contributed by atoms with Gasteiger partial charge in [-0.3, -0.25) is 9.36 Å². The number of benzene rings is 1. The maximum absolute atomic E-state index is 12.1. The van der Waals surface area contributed by atoms with Crippen molar-refractivity contribution >= 4 is 17.7 Å². The molecule has 0 atom stereocenters. The van der Waals surface area contributed by atoms with Gasteiger partial charge >= 0.3 is 0 Å². The van der Waals surface area contributed by atoms with Gasteiger partial charge in [0.1, 0.15) is 12.1 Å². The SMILES string of the molecule is CCCCCNC(=O)c1coc(CSc2nnc(C)n2-c2ccc(C)cc2)n1. The molecule has 0 spiro atoms. The fourth-order valence-corrected chi connectivity index (χ4v) is 3.55. The minimum atomic E-state index is -0.199. The largest absolute Gasteiger partial charge is 0.447 e. The maximum atomic E-state index is 12.1. The highest BCUT2D eigenvalue weighted by atomic mass is 32.2. The average Bonchev–Trinajstić information content (AvgIpc) is 3.31. The Morgan fingerprint density at radius 1 is 1.18 bits per heavy atom. The van der Waals surface area contributed by atoms with Crippen molar-refractivity contribution in [1.29, 1.82) is 0 Å². The molecule has 1 aromatic carbocycles. The Labute approximate surface area is 169 Å². The average molecular weight is 400 g/mol. The molecule has 0 aliphatic heterocycles. The number of hydrogen-bond acceptors (Lipinski definition) is 6. The zero-order valence-electron chi connectivity index (χ0n) is 16.4. The minimum Gasteiger partial charge on any atom is -0.447 e. The first-order valence-electron chi connectivity index (χ1n) is 9.43. The summed E-state index contributed by atoms with van der Waals surface area (Å²) in [4.78, 5) is 16.4. The van der Waals surface area contributed by atoms with Crippen LogP contribution in [0.4, 0.5) is 0 Å². The molecule has 3 aromatic rings. The van der Waals surface area contributed by atoms with E-state index in [0.29, 0.717) is 23.9 Å². The third-order valence-corrected chi connectivity index (χ3v) is 5.18. The lowest BCUT2D eigenvalue weighted by Gasteiger charge is -2.08. The fourth-order valence-electron chi connectivity index (χ4n) is 2.70. The highest BCUT2D eigenvalue weighted by Gasteiger charge is 2.15. The lowest BCUT2D eigenvalue weighted by molar-refractivity contribution is 0.0948.